The summed E-state index contributed by atoms with van der Waals surface area (Å²) in [6, 6.07) is 13.8. The van der Waals surface area contributed by atoms with Crippen LogP contribution in [0.4, 0.5) is 18.0 Å². The van der Waals surface area contributed by atoms with Crippen LogP contribution in [0.3, 0.4) is 0 Å². The lowest BCUT2D eigenvalue weighted by molar-refractivity contribution is -0.147. The van der Waals surface area contributed by atoms with Crippen LogP contribution in [0.2, 0.25) is 0 Å². The number of fused-ring (bicyclic) bond motifs is 3. The highest BCUT2D eigenvalue weighted by Gasteiger charge is 2.30. The van der Waals surface area contributed by atoms with Crippen molar-refractivity contribution in [1.82, 2.24) is 10.8 Å². The van der Waals surface area contributed by atoms with Gasteiger partial charge < -0.3 is 15.2 Å². The molecule has 0 aliphatic heterocycles. The Bertz CT molecular complexity index is 998. The maximum absolute atomic E-state index is 12.3. The Labute approximate surface area is 193 Å². The Morgan fingerprint density at radius 2 is 1.59 bits per heavy atom. The SMILES string of the molecule is O=C(O)CC(NC(=O)OCC1c2ccccc2-c2ccccc21)C(=O)NOCCCC(F)(F)F. The van der Waals surface area contributed by atoms with Crippen LogP contribution in [0.25, 0.3) is 11.1 Å². The van der Waals surface area contributed by atoms with E-state index in [1.165, 1.54) is 0 Å². The molecule has 34 heavy (non-hydrogen) atoms. The average Bonchev–Trinajstić information content (AvgIpc) is 3.09. The fraction of sp³-hybridized carbons (Fsp3) is 0.348. The van der Waals surface area contributed by atoms with Crippen molar-refractivity contribution in [2.75, 3.05) is 13.2 Å². The van der Waals surface area contributed by atoms with Crippen molar-refractivity contribution in [3.63, 3.8) is 0 Å². The predicted molar refractivity (Wildman–Crippen MR) is 114 cm³/mol. The zero-order valence-corrected chi connectivity index (χ0v) is 17.9. The molecule has 1 unspecified atom stereocenters. The lowest BCUT2D eigenvalue weighted by atomic mass is 9.98. The Morgan fingerprint density at radius 3 is 2.15 bits per heavy atom. The van der Waals surface area contributed by atoms with Crippen LogP contribution in [0, 0.1) is 0 Å². The first-order chi connectivity index (χ1) is 16.2. The molecule has 0 spiro atoms. The van der Waals surface area contributed by atoms with E-state index in [1.54, 1.807) is 0 Å². The second kappa shape index (κ2) is 11.0. The molecule has 3 N–H and O–H groups in total. The average molecular weight is 480 g/mol. The number of carbonyl (C=O) groups excluding carboxylic acids is 2. The van der Waals surface area contributed by atoms with E-state index in [1.807, 2.05) is 54.0 Å². The third-order valence-electron chi connectivity index (χ3n) is 5.21. The van der Waals surface area contributed by atoms with E-state index < -0.39 is 56.1 Å². The van der Waals surface area contributed by atoms with Gasteiger partial charge in [0, 0.05) is 12.3 Å². The van der Waals surface area contributed by atoms with Crippen molar-refractivity contribution >= 4 is 18.0 Å². The van der Waals surface area contributed by atoms with Crippen molar-refractivity contribution in [2.45, 2.75) is 37.4 Å². The van der Waals surface area contributed by atoms with Gasteiger partial charge in [0.2, 0.25) is 0 Å². The Morgan fingerprint density at radius 1 is 1.00 bits per heavy atom. The van der Waals surface area contributed by atoms with Gasteiger partial charge in [0.1, 0.15) is 12.6 Å². The number of carboxylic acids is 1. The first-order valence-corrected chi connectivity index (χ1v) is 10.5. The van der Waals surface area contributed by atoms with Crippen molar-refractivity contribution in [3.05, 3.63) is 59.7 Å². The zero-order chi connectivity index (χ0) is 24.7. The zero-order valence-electron chi connectivity index (χ0n) is 17.9. The third-order valence-corrected chi connectivity index (χ3v) is 5.21. The van der Waals surface area contributed by atoms with Crippen LogP contribution in [0.15, 0.2) is 48.5 Å². The van der Waals surface area contributed by atoms with Crippen LogP contribution in [0.1, 0.15) is 36.3 Å². The minimum absolute atomic E-state index is 0.0464. The summed E-state index contributed by atoms with van der Waals surface area (Å²) in [4.78, 5) is 40.3. The number of nitrogens with one attached hydrogen (secondary N) is 2. The molecule has 0 heterocycles. The molecule has 0 aromatic heterocycles. The van der Waals surface area contributed by atoms with Gasteiger partial charge in [0.25, 0.3) is 5.91 Å². The Hall–Kier alpha value is -3.60. The summed E-state index contributed by atoms with van der Waals surface area (Å²) >= 11 is 0. The van der Waals surface area contributed by atoms with Crippen molar-refractivity contribution in [3.8, 4) is 11.1 Å². The van der Waals surface area contributed by atoms with E-state index in [0.717, 1.165) is 22.3 Å². The number of amides is 2. The highest BCUT2D eigenvalue weighted by atomic mass is 19.4. The molecule has 1 atom stereocenters. The number of alkyl halides is 3. The maximum Gasteiger partial charge on any atom is 0.407 e. The number of aliphatic carboxylic acids is 1. The molecule has 1 aliphatic rings. The van der Waals surface area contributed by atoms with E-state index >= 15 is 0 Å². The standard InChI is InChI=1S/C23H23F3N2O6/c24-23(25,26)10-5-11-34-28-21(31)19(12-20(29)30)27-22(32)33-13-18-16-8-3-1-6-14(16)15-7-2-4-9-17(15)18/h1-4,6-9,18-19H,5,10-13H2,(H,27,32)(H,28,31)(H,29,30). The number of carboxylic acid groups (broad SMARTS) is 1. The van der Waals surface area contributed by atoms with Crippen LogP contribution in [0.5, 0.6) is 0 Å². The molecule has 11 heteroatoms. The molecule has 0 bridgehead atoms. The van der Waals surface area contributed by atoms with Gasteiger partial charge in [-0.3, -0.25) is 14.4 Å². The summed E-state index contributed by atoms with van der Waals surface area (Å²) in [6.45, 7) is -0.481. The highest BCUT2D eigenvalue weighted by molar-refractivity contribution is 5.88. The lowest BCUT2D eigenvalue weighted by Gasteiger charge is -2.18. The van der Waals surface area contributed by atoms with E-state index in [4.69, 9.17) is 9.84 Å². The number of carbonyl (C=O) groups is 3. The predicted octanol–water partition coefficient (Wildman–Crippen LogP) is 3.76. The van der Waals surface area contributed by atoms with Crippen molar-refractivity contribution < 1.29 is 42.2 Å². The molecule has 1 aliphatic carbocycles. The topological polar surface area (TPSA) is 114 Å². The first-order valence-electron chi connectivity index (χ1n) is 10.5. The minimum Gasteiger partial charge on any atom is -0.481 e. The first kappa shape index (κ1) is 25.0. The molecule has 3 rings (SSSR count). The smallest absolute Gasteiger partial charge is 0.407 e. The van der Waals surface area contributed by atoms with E-state index in [2.05, 4.69) is 10.2 Å². The molecule has 0 radical (unpaired) electrons. The Balaban J connectivity index is 1.55. The quantitative estimate of drug-likeness (QED) is 0.353. The summed E-state index contributed by atoms with van der Waals surface area (Å²) in [5.74, 6) is -2.64. The lowest BCUT2D eigenvalue weighted by Crippen LogP contribution is -2.48. The van der Waals surface area contributed by atoms with Gasteiger partial charge in [-0.05, 0) is 28.7 Å². The molecule has 8 nitrogen and oxygen atoms in total. The maximum atomic E-state index is 12.3. The number of alkyl carbamates (subject to hydrolysis) is 1. The number of hydrogen-bond donors (Lipinski definition) is 3. The van der Waals surface area contributed by atoms with E-state index in [-0.39, 0.29) is 12.5 Å². The van der Waals surface area contributed by atoms with Crippen LogP contribution in [-0.2, 0) is 19.2 Å². The van der Waals surface area contributed by atoms with Gasteiger partial charge in [0.05, 0.1) is 13.0 Å². The van der Waals surface area contributed by atoms with Gasteiger partial charge in [-0.1, -0.05) is 48.5 Å². The monoisotopic (exact) mass is 480 g/mol. The Kier molecular flexibility index (Phi) is 8.11. The van der Waals surface area contributed by atoms with Crippen molar-refractivity contribution in [2.24, 2.45) is 0 Å². The second-order valence-corrected chi connectivity index (χ2v) is 7.65. The molecule has 2 aromatic carbocycles. The third kappa shape index (κ3) is 6.70. The molecular formula is C23H23F3N2O6. The number of benzene rings is 2. The number of ether oxygens (including phenoxy) is 1. The number of halogens is 3. The number of hydrogen-bond acceptors (Lipinski definition) is 5. The van der Waals surface area contributed by atoms with Gasteiger partial charge in [-0.25, -0.2) is 10.3 Å². The molecule has 0 saturated carbocycles. The van der Waals surface area contributed by atoms with Crippen LogP contribution in [-0.4, -0.2) is 48.5 Å². The molecular weight excluding hydrogens is 457 g/mol. The van der Waals surface area contributed by atoms with E-state index in [9.17, 15) is 27.6 Å². The summed E-state index contributed by atoms with van der Waals surface area (Å²) < 4.78 is 41.7. The molecule has 2 amide bonds. The van der Waals surface area contributed by atoms with E-state index in [0.29, 0.717) is 0 Å². The molecule has 0 saturated heterocycles. The summed E-state index contributed by atoms with van der Waals surface area (Å²) in [6.07, 6.45) is -7.64. The molecule has 2 aromatic rings. The fourth-order valence-electron chi connectivity index (χ4n) is 3.70. The summed E-state index contributed by atoms with van der Waals surface area (Å²) in [5.41, 5.74) is 5.87. The molecule has 0 fully saturated rings. The largest absolute Gasteiger partial charge is 0.481 e. The van der Waals surface area contributed by atoms with Crippen LogP contribution >= 0.6 is 0 Å². The normalized spacial score (nSPS) is 13.5. The number of hydroxylamine groups is 1. The summed E-state index contributed by atoms with van der Waals surface area (Å²) in [7, 11) is 0. The van der Waals surface area contributed by atoms with Gasteiger partial charge in [0.15, 0.2) is 0 Å². The van der Waals surface area contributed by atoms with Gasteiger partial charge in [-0.15, -0.1) is 0 Å². The minimum atomic E-state index is -4.36. The summed E-state index contributed by atoms with van der Waals surface area (Å²) in [5, 5.41) is 11.2. The molecule has 182 valence electrons. The highest BCUT2D eigenvalue weighted by Crippen LogP contribution is 2.44. The fourth-order valence-corrected chi connectivity index (χ4v) is 3.70. The van der Waals surface area contributed by atoms with Gasteiger partial charge in [-0.2, -0.15) is 13.2 Å². The van der Waals surface area contributed by atoms with Gasteiger partial charge >= 0.3 is 18.2 Å². The van der Waals surface area contributed by atoms with Crippen molar-refractivity contribution in [1.29, 1.82) is 0 Å². The second-order valence-electron chi connectivity index (χ2n) is 7.65. The number of rotatable bonds is 10. The van der Waals surface area contributed by atoms with Crippen LogP contribution < -0.4 is 10.8 Å².